The maximum Gasteiger partial charge on any atom is 0.231 e. The Balaban J connectivity index is 1.19. The zero-order valence-electron chi connectivity index (χ0n) is 23.7. The third-order valence-electron chi connectivity index (χ3n) is 9.25. The average molecular weight is 560 g/mol. The number of methoxy groups -OCH3 is 1. The van der Waals surface area contributed by atoms with Crippen LogP contribution in [0.25, 0.3) is 10.4 Å². The van der Waals surface area contributed by atoms with Gasteiger partial charge in [-0.1, -0.05) is 12.1 Å². The summed E-state index contributed by atoms with van der Waals surface area (Å²) in [7, 11) is 1.73. The van der Waals surface area contributed by atoms with Crippen LogP contribution in [0.15, 0.2) is 42.7 Å². The summed E-state index contributed by atoms with van der Waals surface area (Å²) in [6.45, 7) is 2.82. The van der Waals surface area contributed by atoms with E-state index in [0.29, 0.717) is 37.1 Å². The van der Waals surface area contributed by atoms with Crippen LogP contribution in [0.5, 0.6) is 5.75 Å². The molecule has 6 nitrogen and oxygen atoms in total. The second-order valence-electron chi connectivity index (χ2n) is 12.1. The topological polar surface area (TPSA) is 75.5 Å². The molecular formula is C33H41N3O3S. The first-order valence-electron chi connectivity index (χ1n) is 15.0. The van der Waals surface area contributed by atoms with E-state index in [4.69, 9.17) is 9.72 Å². The third-order valence-corrected chi connectivity index (χ3v) is 10.5. The van der Waals surface area contributed by atoms with Crippen LogP contribution in [0.1, 0.15) is 92.2 Å². The second kappa shape index (κ2) is 12.0. The second-order valence-corrected chi connectivity index (χ2v) is 13.2. The summed E-state index contributed by atoms with van der Waals surface area (Å²) in [5.74, 6) is 3.46. The molecule has 3 saturated carbocycles. The highest BCUT2D eigenvalue weighted by Crippen LogP contribution is 2.44. The van der Waals surface area contributed by atoms with E-state index in [0.717, 1.165) is 60.5 Å². The number of aryl methyl sites for hydroxylation is 1. The molecule has 2 heterocycles. The largest absolute Gasteiger partial charge is 0.496 e. The lowest BCUT2D eigenvalue weighted by atomic mass is 9.78. The molecule has 7 heteroatoms. The average Bonchev–Trinajstić information content (AvgIpc) is 3.72. The van der Waals surface area contributed by atoms with Crippen LogP contribution in [0.2, 0.25) is 0 Å². The van der Waals surface area contributed by atoms with Crippen LogP contribution in [-0.2, 0) is 4.79 Å². The highest BCUT2D eigenvalue weighted by molar-refractivity contribution is 7.15. The molecule has 2 aromatic heterocycles. The summed E-state index contributed by atoms with van der Waals surface area (Å²) >= 11 is 1.77. The van der Waals surface area contributed by atoms with Crippen molar-refractivity contribution in [1.29, 1.82) is 0 Å². The Labute approximate surface area is 241 Å². The molecule has 1 aromatic carbocycles. The van der Waals surface area contributed by atoms with Gasteiger partial charge in [-0.2, -0.15) is 0 Å². The van der Waals surface area contributed by atoms with Gasteiger partial charge in [0.15, 0.2) is 0 Å². The van der Waals surface area contributed by atoms with Crippen molar-refractivity contribution in [1.82, 2.24) is 9.97 Å². The number of pyridine rings is 1. The van der Waals surface area contributed by atoms with Crippen molar-refractivity contribution in [2.45, 2.75) is 89.1 Å². The Morgan fingerprint density at radius 1 is 0.975 bits per heavy atom. The Kier molecular flexibility index (Phi) is 8.22. The molecule has 1 N–H and O–H groups in total. The molecule has 1 amide bonds. The first-order valence-corrected chi connectivity index (χ1v) is 15.9. The van der Waals surface area contributed by atoms with Crippen LogP contribution in [0.4, 0.5) is 5.82 Å². The summed E-state index contributed by atoms with van der Waals surface area (Å²) in [4.78, 5) is 26.5. The smallest absolute Gasteiger partial charge is 0.231 e. The number of rotatable bonds is 8. The number of benzene rings is 1. The van der Waals surface area contributed by atoms with E-state index in [-0.39, 0.29) is 17.9 Å². The van der Waals surface area contributed by atoms with Gasteiger partial charge in [-0.3, -0.25) is 9.69 Å². The first-order chi connectivity index (χ1) is 19.5. The van der Waals surface area contributed by atoms with Crippen molar-refractivity contribution < 1.29 is 14.6 Å². The molecule has 3 aliphatic rings. The molecule has 0 bridgehead atoms. The molecule has 212 valence electrons. The van der Waals surface area contributed by atoms with E-state index >= 15 is 0 Å². The quantitative estimate of drug-likeness (QED) is 0.314. The summed E-state index contributed by atoms with van der Waals surface area (Å²) in [5.41, 5.74) is 3.67. The Bertz CT molecular complexity index is 1320. The van der Waals surface area contributed by atoms with E-state index in [9.17, 15) is 9.90 Å². The van der Waals surface area contributed by atoms with Crippen molar-refractivity contribution in [2.24, 2.45) is 11.8 Å². The number of hydrogen-bond donors (Lipinski definition) is 1. The monoisotopic (exact) mass is 559 g/mol. The highest BCUT2D eigenvalue weighted by Gasteiger charge is 2.33. The number of anilines is 1. The molecule has 0 saturated heterocycles. The molecule has 3 fully saturated rings. The van der Waals surface area contributed by atoms with Crippen molar-refractivity contribution >= 4 is 23.1 Å². The summed E-state index contributed by atoms with van der Waals surface area (Å²) < 4.78 is 5.46. The standard InChI is InChI=1S/C33H41N3O3S/c1-21-17-26(11-14-29(21)39-2)23-5-3-22(4-6-23)20-36(33(38)25-9-12-28(37)13-10-25)31-18-27(15-16-34-31)30-19-35-32(40-30)24-7-8-24/h11,14-19,22-25,28,37H,3-10,12-13,20H2,1-2H3/t22-,23-,25-,28-. The highest BCUT2D eigenvalue weighted by atomic mass is 32.1. The molecule has 0 radical (unpaired) electrons. The summed E-state index contributed by atoms with van der Waals surface area (Å²) in [6, 6.07) is 10.7. The number of amides is 1. The van der Waals surface area contributed by atoms with Gasteiger partial charge < -0.3 is 9.84 Å². The maximum absolute atomic E-state index is 14.0. The minimum absolute atomic E-state index is 0.0441. The summed E-state index contributed by atoms with van der Waals surface area (Å²) in [6.07, 6.45) is 13.4. The van der Waals surface area contributed by atoms with Crippen molar-refractivity contribution in [3.63, 3.8) is 0 Å². The number of ether oxygens (including phenoxy) is 1. The van der Waals surface area contributed by atoms with E-state index in [1.54, 1.807) is 18.4 Å². The lowest BCUT2D eigenvalue weighted by Gasteiger charge is -2.35. The van der Waals surface area contributed by atoms with Gasteiger partial charge in [-0.15, -0.1) is 11.3 Å². The van der Waals surface area contributed by atoms with E-state index in [1.165, 1.54) is 29.0 Å². The number of nitrogens with zero attached hydrogens (tertiary/aromatic N) is 3. The predicted molar refractivity (Wildman–Crippen MR) is 160 cm³/mol. The molecular weight excluding hydrogens is 518 g/mol. The minimum atomic E-state index is -0.275. The van der Waals surface area contributed by atoms with Gasteiger partial charge in [0.1, 0.15) is 11.6 Å². The number of carbonyl (C=O) groups excluding carboxylic acids is 1. The van der Waals surface area contributed by atoms with Gasteiger partial charge in [0.05, 0.1) is 23.1 Å². The lowest BCUT2D eigenvalue weighted by molar-refractivity contribution is -0.124. The lowest BCUT2D eigenvalue weighted by Crippen LogP contribution is -2.42. The van der Waals surface area contributed by atoms with Gasteiger partial charge in [0.2, 0.25) is 5.91 Å². The number of aromatic nitrogens is 2. The number of thiazole rings is 1. The number of carbonyl (C=O) groups is 1. The molecule has 0 atom stereocenters. The van der Waals surface area contributed by atoms with Crippen molar-refractivity contribution in [3.8, 4) is 16.2 Å². The maximum atomic E-state index is 14.0. The molecule has 0 aliphatic heterocycles. The molecule has 3 aromatic rings. The SMILES string of the molecule is COc1ccc([C@H]2CC[C@H](CN(c3cc(-c4cnc(C5CC5)s4)ccn3)C(=O)[C@H]3CC[C@H](O)CC3)CC2)cc1C. The van der Waals surface area contributed by atoms with Gasteiger partial charge in [-0.05, 0) is 118 Å². The molecule has 40 heavy (non-hydrogen) atoms. The van der Waals surface area contributed by atoms with Gasteiger partial charge in [0.25, 0.3) is 0 Å². The Hall–Kier alpha value is -2.77. The van der Waals surface area contributed by atoms with Crippen LogP contribution in [0, 0.1) is 18.8 Å². The van der Waals surface area contributed by atoms with Gasteiger partial charge in [-0.25, -0.2) is 9.97 Å². The normalized spacial score (nSPS) is 25.0. The Morgan fingerprint density at radius 3 is 2.42 bits per heavy atom. The molecule has 0 unspecified atom stereocenters. The fraction of sp³-hybridized carbons (Fsp3) is 0.545. The van der Waals surface area contributed by atoms with Crippen molar-refractivity contribution in [3.05, 3.63) is 58.9 Å². The number of hydrogen-bond acceptors (Lipinski definition) is 6. The molecule has 3 aliphatic carbocycles. The fourth-order valence-electron chi connectivity index (χ4n) is 6.59. The zero-order valence-corrected chi connectivity index (χ0v) is 24.5. The van der Waals surface area contributed by atoms with Crippen LogP contribution >= 0.6 is 11.3 Å². The molecule has 0 spiro atoms. The molecule has 6 rings (SSSR count). The predicted octanol–water partition coefficient (Wildman–Crippen LogP) is 7.26. The number of aliphatic hydroxyl groups excluding tert-OH is 1. The Morgan fingerprint density at radius 2 is 1.73 bits per heavy atom. The van der Waals surface area contributed by atoms with E-state index in [1.807, 2.05) is 23.4 Å². The fourth-order valence-corrected chi connectivity index (χ4v) is 7.67. The minimum Gasteiger partial charge on any atom is -0.496 e. The third kappa shape index (κ3) is 6.10. The zero-order chi connectivity index (χ0) is 27.6. The van der Waals surface area contributed by atoms with Crippen LogP contribution in [0.3, 0.4) is 0 Å². The van der Waals surface area contributed by atoms with Crippen molar-refractivity contribution in [2.75, 3.05) is 18.6 Å². The van der Waals surface area contributed by atoms with E-state index < -0.39 is 0 Å². The van der Waals surface area contributed by atoms with Gasteiger partial charge in [0, 0.05) is 30.8 Å². The number of aliphatic hydroxyl groups is 1. The summed E-state index contributed by atoms with van der Waals surface area (Å²) in [5, 5.41) is 11.3. The van der Waals surface area contributed by atoms with E-state index in [2.05, 4.69) is 36.2 Å². The van der Waals surface area contributed by atoms with Crippen LogP contribution in [-0.4, -0.2) is 40.7 Å². The first kappa shape index (κ1) is 27.4. The van der Waals surface area contributed by atoms with Crippen LogP contribution < -0.4 is 9.64 Å². The van der Waals surface area contributed by atoms with Gasteiger partial charge >= 0.3 is 0 Å².